The number of aryl methyl sites for hydroxylation is 1. The van der Waals surface area contributed by atoms with Gasteiger partial charge < -0.3 is 15.4 Å². The van der Waals surface area contributed by atoms with E-state index in [0.29, 0.717) is 37.8 Å². The Morgan fingerprint density at radius 2 is 1.92 bits per heavy atom. The Morgan fingerprint density at radius 3 is 2.68 bits per heavy atom. The quantitative estimate of drug-likeness (QED) is 0.676. The number of nitrogens with one attached hydrogen (secondary N) is 2. The molecule has 1 fully saturated rings. The molecule has 0 aromatic heterocycles. The molecule has 1 aliphatic carbocycles. The van der Waals surface area contributed by atoms with Crippen LogP contribution in [0.2, 0.25) is 0 Å². The molecule has 25 heavy (non-hydrogen) atoms. The minimum Gasteiger partial charge on any atom is -0.378 e. The van der Waals surface area contributed by atoms with Crippen molar-refractivity contribution in [3.8, 4) is 0 Å². The first-order valence-corrected chi connectivity index (χ1v) is 9.38. The van der Waals surface area contributed by atoms with Crippen molar-refractivity contribution in [2.45, 2.75) is 58.0 Å². The Hall–Kier alpha value is -1.88. The lowest BCUT2D eigenvalue weighted by atomic mass is 9.98. The van der Waals surface area contributed by atoms with E-state index < -0.39 is 0 Å². The van der Waals surface area contributed by atoms with Crippen LogP contribution in [0.3, 0.4) is 0 Å². The summed E-state index contributed by atoms with van der Waals surface area (Å²) in [5.41, 5.74) is 1.67. The van der Waals surface area contributed by atoms with Crippen molar-refractivity contribution in [3.05, 3.63) is 35.4 Å². The summed E-state index contributed by atoms with van der Waals surface area (Å²) in [6.07, 6.45) is 7.77. The van der Waals surface area contributed by atoms with Crippen molar-refractivity contribution >= 4 is 11.8 Å². The third-order valence-corrected chi connectivity index (χ3v) is 4.47. The lowest BCUT2D eigenvalue weighted by molar-refractivity contribution is -0.121. The number of carbonyl (C=O) groups is 2. The van der Waals surface area contributed by atoms with Crippen LogP contribution in [0.25, 0.3) is 0 Å². The van der Waals surface area contributed by atoms with Gasteiger partial charge in [0.2, 0.25) is 5.91 Å². The van der Waals surface area contributed by atoms with Gasteiger partial charge in [0.15, 0.2) is 0 Å². The molecule has 138 valence electrons. The normalized spacial score (nSPS) is 14.9. The Labute approximate surface area is 150 Å². The standard InChI is InChI=1S/C20H30N2O3/c1-16-7-5-8-17(15-16)20(24)22-13-11-19(23)21-12-6-14-25-18-9-3-2-4-10-18/h5,7-8,15,18H,2-4,6,9-14H2,1H3,(H,21,23)(H,22,24). The second-order valence-electron chi connectivity index (χ2n) is 6.71. The lowest BCUT2D eigenvalue weighted by Gasteiger charge is -2.21. The van der Waals surface area contributed by atoms with Gasteiger partial charge in [0.05, 0.1) is 6.10 Å². The van der Waals surface area contributed by atoms with Crippen molar-refractivity contribution in [1.82, 2.24) is 10.6 Å². The number of carbonyl (C=O) groups excluding carboxylic acids is 2. The Morgan fingerprint density at radius 1 is 1.12 bits per heavy atom. The van der Waals surface area contributed by atoms with Crippen LogP contribution in [0.5, 0.6) is 0 Å². The molecular formula is C20H30N2O3. The van der Waals surface area contributed by atoms with Crippen LogP contribution in [0.4, 0.5) is 0 Å². The molecule has 0 saturated heterocycles. The fourth-order valence-corrected chi connectivity index (χ4v) is 3.05. The highest BCUT2D eigenvalue weighted by atomic mass is 16.5. The third kappa shape index (κ3) is 7.69. The van der Waals surface area contributed by atoms with Gasteiger partial charge >= 0.3 is 0 Å². The van der Waals surface area contributed by atoms with Crippen LogP contribution in [0.15, 0.2) is 24.3 Å². The number of benzene rings is 1. The topological polar surface area (TPSA) is 67.4 Å². The first-order chi connectivity index (χ1) is 12.1. The first kappa shape index (κ1) is 19.4. The molecule has 0 heterocycles. The van der Waals surface area contributed by atoms with Gasteiger partial charge in [0.1, 0.15) is 0 Å². The van der Waals surface area contributed by atoms with Crippen molar-refractivity contribution < 1.29 is 14.3 Å². The number of hydrogen-bond donors (Lipinski definition) is 2. The van der Waals surface area contributed by atoms with E-state index in [0.717, 1.165) is 12.0 Å². The molecule has 1 aromatic rings. The average Bonchev–Trinajstić information content (AvgIpc) is 2.62. The predicted molar refractivity (Wildman–Crippen MR) is 98.6 cm³/mol. The molecule has 2 amide bonds. The van der Waals surface area contributed by atoms with Gasteiger partial charge in [-0.3, -0.25) is 9.59 Å². The summed E-state index contributed by atoms with van der Waals surface area (Å²) in [5, 5.41) is 5.65. The van der Waals surface area contributed by atoms with Crippen molar-refractivity contribution in [2.24, 2.45) is 0 Å². The third-order valence-electron chi connectivity index (χ3n) is 4.47. The highest BCUT2D eigenvalue weighted by Crippen LogP contribution is 2.20. The first-order valence-electron chi connectivity index (χ1n) is 9.38. The van der Waals surface area contributed by atoms with Gasteiger partial charge in [-0.05, 0) is 38.3 Å². The number of hydrogen-bond acceptors (Lipinski definition) is 3. The predicted octanol–water partition coefficient (Wildman–Crippen LogP) is 2.97. The number of amides is 2. The molecule has 1 aromatic carbocycles. The van der Waals surface area contributed by atoms with E-state index in [1.807, 2.05) is 25.1 Å². The molecule has 0 atom stereocenters. The van der Waals surface area contributed by atoms with Gasteiger partial charge in [0.25, 0.3) is 5.91 Å². The fourth-order valence-electron chi connectivity index (χ4n) is 3.05. The Bertz CT molecular complexity index is 554. The van der Waals surface area contributed by atoms with Gasteiger partial charge in [0, 0.05) is 31.7 Å². The summed E-state index contributed by atoms with van der Waals surface area (Å²) in [6.45, 7) is 3.62. The highest BCUT2D eigenvalue weighted by molar-refractivity contribution is 5.94. The van der Waals surface area contributed by atoms with Crippen LogP contribution in [0.1, 0.15) is 60.9 Å². The average molecular weight is 346 g/mol. The van der Waals surface area contributed by atoms with Crippen molar-refractivity contribution in [1.29, 1.82) is 0 Å². The zero-order chi connectivity index (χ0) is 17.9. The molecule has 2 rings (SSSR count). The molecule has 0 aliphatic heterocycles. The van der Waals surface area contributed by atoms with E-state index in [1.165, 1.54) is 32.1 Å². The van der Waals surface area contributed by atoms with E-state index in [9.17, 15) is 9.59 Å². The van der Waals surface area contributed by atoms with E-state index >= 15 is 0 Å². The molecule has 0 bridgehead atoms. The molecule has 0 radical (unpaired) electrons. The maximum absolute atomic E-state index is 12.0. The molecule has 2 N–H and O–H groups in total. The Balaban J connectivity index is 1.50. The summed E-state index contributed by atoms with van der Waals surface area (Å²) >= 11 is 0. The van der Waals surface area contributed by atoms with Gasteiger partial charge in [-0.25, -0.2) is 0 Å². The van der Waals surface area contributed by atoms with Crippen LogP contribution < -0.4 is 10.6 Å². The molecule has 0 unspecified atom stereocenters. The minimum atomic E-state index is -0.141. The monoisotopic (exact) mass is 346 g/mol. The maximum atomic E-state index is 12.0. The van der Waals surface area contributed by atoms with Crippen LogP contribution in [-0.2, 0) is 9.53 Å². The van der Waals surface area contributed by atoms with Crippen LogP contribution in [0, 0.1) is 6.92 Å². The van der Waals surface area contributed by atoms with Crippen molar-refractivity contribution in [3.63, 3.8) is 0 Å². The summed E-state index contributed by atoms with van der Waals surface area (Å²) in [5.74, 6) is -0.181. The smallest absolute Gasteiger partial charge is 0.251 e. The summed E-state index contributed by atoms with van der Waals surface area (Å²) in [4.78, 5) is 23.7. The number of rotatable bonds is 9. The van der Waals surface area contributed by atoms with Crippen molar-refractivity contribution in [2.75, 3.05) is 19.7 Å². The van der Waals surface area contributed by atoms with E-state index in [-0.39, 0.29) is 11.8 Å². The summed E-state index contributed by atoms with van der Waals surface area (Å²) in [6, 6.07) is 7.41. The molecule has 1 aliphatic rings. The molecular weight excluding hydrogens is 316 g/mol. The number of ether oxygens (including phenoxy) is 1. The van der Waals surface area contributed by atoms with Gasteiger partial charge in [-0.1, -0.05) is 37.0 Å². The maximum Gasteiger partial charge on any atom is 0.251 e. The lowest BCUT2D eigenvalue weighted by Crippen LogP contribution is -2.31. The molecule has 1 saturated carbocycles. The summed E-state index contributed by atoms with van der Waals surface area (Å²) < 4.78 is 5.83. The van der Waals surface area contributed by atoms with Crippen LogP contribution in [-0.4, -0.2) is 37.6 Å². The van der Waals surface area contributed by atoms with Gasteiger partial charge in [-0.15, -0.1) is 0 Å². The Kier molecular flexibility index (Phi) is 8.46. The van der Waals surface area contributed by atoms with E-state index in [1.54, 1.807) is 6.07 Å². The zero-order valence-corrected chi connectivity index (χ0v) is 15.2. The van der Waals surface area contributed by atoms with Gasteiger partial charge in [-0.2, -0.15) is 0 Å². The zero-order valence-electron chi connectivity index (χ0n) is 15.2. The molecule has 5 nitrogen and oxygen atoms in total. The second-order valence-corrected chi connectivity index (χ2v) is 6.71. The summed E-state index contributed by atoms with van der Waals surface area (Å²) in [7, 11) is 0. The van der Waals surface area contributed by atoms with Crippen LogP contribution >= 0.6 is 0 Å². The van der Waals surface area contributed by atoms with E-state index in [2.05, 4.69) is 10.6 Å². The largest absolute Gasteiger partial charge is 0.378 e. The molecule has 0 spiro atoms. The minimum absolute atomic E-state index is 0.0396. The highest BCUT2D eigenvalue weighted by Gasteiger charge is 2.13. The second kappa shape index (κ2) is 10.9. The molecule has 5 heteroatoms. The van der Waals surface area contributed by atoms with E-state index in [4.69, 9.17) is 4.74 Å². The fraction of sp³-hybridized carbons (Fsp3) is 0.600. The SMILES string of the molecule is Cc1cccc(C(=O)NCCC(=O)NCCCOC2CCCCC2)c1.